The summed E-state index contributed by atoms with van der Waals surface area (Å²) < 4.78 is 33.4. The van der Waals surface area contributed by atoms with E-state index in [2.05, 4.69) is 16.3 Å². The number of likely N-dealkylation sites (tertiary alicyclic amines) is 1. The maximum atomic E-state index is 12.9. The number of nitrogens with one attached hydrogen (secondary N) is 1. The fourth-order valence-electron chi connectivity index (χ4n) is 4.61. The molecule has 2 fully saturated rings. The number of hydrogen-bond donors (Lipinski definition) is 1. The standard InChI is InChI=1S/C25H32ClN3O4S/c1-18(30)27-21-8-10-23(11-9-21)34(31,32)28(2)16-19-14-22(15-19)33-24-7-5-6-20(25(24)26)17-29-12-3-4-13-29/h5-11,19,22H,3-4,12-17H2,1-2H3,(H,27,30). The summed E-state index contributed by atoms with van der Waals surface area (Å²) in [5, 5.41) is 3.32. The number of ether oxygens (including phenoxy) is 1. The zero-order valence-electron chi connectivity index (χ0n) is 19.7. The van der Waals surface area contributed by atoms with Crippen molar-refractivity contribution in [3.8, 4) is 5.75 Å². The Morgan fingerprint density at radius 1 is 1.15 bits per heavy atom. The lowest BCUT2D eigenvalue weighted by atomic mass is 9.82. The van der Waals surface area contributed by atoms with Crippen LogP contribution in [0.4, 0.5) is 5.69 Å². The predicted molar refractivity (Wildman–Crippen MR) is 134 cm³/mol. The first-order valence-electron chi connectivity index (χ1n) is 11.7. The summed E-state index contributed by atoms with van der Waals surface area (Å²) in [5.41, 5.74) is 1.66. The molecule has 1 amide bonds. The molecule has 0 bridgehead atoms. The molecule has 34 heavy (non-hydrogen) atoms. The number of carbonyl (C=O) groups excluding carboxylic acids is 1. The van der Waals surface area contributed by atoms with Crippen LogP contribution in [-0.2, 0) is 21.4 Å². The Labute approximate surface area is 207 Å². The molecule has 9 heteroatoms. The van der Waals surface area contributed by atoms with E-state index in [1.807, 2.05) is 12.1 Å². The Balaban J connectivity index is 1.29. The molecule has 1 saturated heterocycles. The summed E-state index contributed by atoms with van der Waals surface area (Å²) >= 11 is 6.64. The van der Waals surface area contributed by atoms with Crippen molar-refractivity contribution >= 4 is 33.2 Å². The van der Waals surface area contributed by atoms with Crippen molar-refractivity contribution in [1.29, 1.82) is 0 Å². The molecule has 1 N–H and O–H groups in total. The van der Waals surface area contributed by atoms with E-state index in [9.17, 15) is 13.2 Å². The van der Waals surface area contributed by atoms with Crippen LogP contribution < -0.4 is 10.1 Å². The molecule has 0 aromatic heterocycles. The van der Waals surface area contributed by atoms with E-state index in [1.165, 1.54) is 36.2 Å². The smallest absolute Gasteiger partial charge is 0.242 e. The Hall–Kier alpha value is -2.13. The average Bonchev–Trinajstić information content (AvgIpc) is 3.27. The van der Waals surface area contributed by atoms with Gasteiger partial charge >= 0.3 is 0 Å². The monoisotopic (exact) mass is 505 g/mol. The lowest BCUT2D eigenvalue weighted by molar-refractivity contribution is -0.114. The summed E-state index contributed by atoms with van der Waals surface area (Å²) in [5.74, 6) is 0.742. The molecule has 2 aliphatic rings. The minimum Gasteiger partial charge on any atom is -0.489 e. The van der Waals surface area contributed by atoms with Crippen LogP contribution in [0.25, 0.3) is 0 Å². The van der Waals surface area contributed by atoms with Crippen LogP contribution in [-0.4, -0.2) is 56.3 Å². The van der Waals surface area contributed by atoms with Gasteiger partial charge in [0.2, 0.25) is 15.9 Å². The van der Waals surface area contributed by atoms with E-state index >= 15 is 0 Å². The Morgan fingerprint density at radius 3 is 2.47 bits per heavy atom. The fraction of sp³-hybridized carbons (Fsp3) is 0.480. The van der Waals surface area contributed by atoms with Gasteiger partial charge in [-0.2, -0.15) is 0 Å². The quantitative estimate of drug-likeness (QED) is 0.547. The number of sulfonamides is 1. The van der Waals surface area contributed by atoms with Gasteiger partial charge in [-0.05, 0) is 80.6 Å². The second kappa shape index (κ2) is 10.6. The van der Waals surface area contributed by atoms with Crippen molar-refractivity contribution in [2.24, 2.45) is 5.92 Å². The average molecular weight is 506 g/mol. The molecule has 184 valence electrons. The highest BCUT2D eigenvalue weighted by Crippen LogP contribution is 2.37. The zero-order chi connectivity index (χ0) is 24.3. The molecule has 7 nitrogen and oxygen atoms in total. The minimum atomic E-state index is -3.60. The first-order valence-corrected chi connectivity index (χ1v) is 13.5. The van der Waals surface area contributed by atoms with Gasteiger partial charge in [-0.3, -0.25) is 9.69 Å². The molecule has 0 atom stereocenters. The van der Waals surface area contributed by atoms with Gasteiger partial charge in [0.15, 0.2) is 0 Å². The van der Waals surface area contributed by atoms with Crippen LogP contribution in [0.2, 0.25) is 5.02 Å². The second-order valence-corrected chi connectivity index (χ2v) is 11.7. The van der Waals surface area contributed by atoms with E-state index in [-0.39, 0.29) is 22.8 Å². The third-order valence-corrected chi connectivity index (χ3v) is 8.79. The van der Waals surface area contributed by atoms with Gasteiger partial charge in [-0.1, -0.05) is 23.7 Å². The van der Waals surface area contributed by atoms with Crippen molar-refractivity contribution in [1.82, 2.24) is 9.21 Å². The number of hydrogen-bond acceptors (Lipinski definition) is 5. The first-order chi connectivity index (χ1) is 16.2. The normalized spacial score (nSPS) is 20.8. The van der Waals surface area contributed by atoms with E-state index in [1.54, 1.807) is 19.2 Å². The predicted octanol–water partition coefficient (Wildman–Crippen LogP) is 4.37. The molecule has 0 spiro atoms. The minimum absolute atomic E-state index is 0.0394. The molecule has 1 aliphatic carbocycles. The van der Waals surface area contributed by atoms with Crippen LogP contribution in [0.1, 0.15) is 38.2 Å². The number of rotatable bonds is 9. The summed E-state index contributed by atoms with van der Waals surface area (Å²) in [6, 6.07) is 12.2. The van der Waals surface area contributed by atoms with Gasteiger partial charge in [-0.25, -0.2) is 12.7 Å². The molecule has 0 radical (unpaired) electrons. The van der Waals surface area contributed by atoms with E-state index in [4.69, 9.17) is 16.3 Å². The number of anilines is 1. The molecule has 1 heterocycles. The highest BCUT2D eigenvalue weighted by molar-refractivity contribution is 7.89. The number of nitrogens with zero attached hydrogens (tertiary/aromatic N) is 2. The van der Waals surface area contributed by atoms with Crippen molar-refractivity contribution in [3.05, 3.63) is 53.1 Å². The lowest BCUT2D eigenvalue weighted by Gasteiger charge is -2.37. The summed E-state index contributed by atoms with van der Waals surface area (Å²) in [4.78, 5) is 13.8. The molecule has 2 aromatic carbocycles. The number of amides is 1. The van der Waals surface area contributed by atoms with Crippen molar-refractivity contribution < 1.29 is 17.9 Å². The summed E-state index contributed by atoms with van der Waals surface area (Å²) in [7, 11) is -2.00. The van der Waals surface area contributed by atoms with Crippen molar-refractivity contribution in [2.75, 3.05) is 32.0 Å². The first kappa shape index (κ1) is 25.0. The Bertz CT molecular complexity index is 1110. The third-order valence-electron chi connectivity index (χ3n) is 6.52. The Morgan fingerprint density at radius 2 is 1.82 bits per heavy atom. The lowest BCUT2D eigenvalue weighted by Crippen LogP contribution is -2.41. The van der Waals surface area contributed by atoms with Gasteiger partial charge in [-0.15, -0.1) is 0 Å². The van der Waals surface area contributed by atoms with Crippen LogP contribution >= 0.6 is 11.6 Å². The summed E-state index contributed by atoms with van der Waals surface area (Å²) in [6.07, 6.45) is 4.09. The van der Waals surface area contributed by atoms with Crippen LogP contribution in [0.15, 0.2) is 47.4 Å². The van der Waals surface area contributed by atoms with Gasteiger partial charge in [0.05, 0.1) is 16.0 Å². The molecule has 4 rings (SSSR count). The number of benzene rings is 2. The number of halogens is 1. The van der Waals surface area contributed by atoms with Gasteiger partial charge in [0.1, 0.15) is 5.75 Å². The maximum absolute atomic E-state index is 12.9. The van der Waals surface area contributed by atoms with Gasteiger partial charge in [0.25, 0.3) is 0 Å². The number of carbonyl (C=O) groups is 1. The maximum Gasteiger partial charge on any atom is 0.242 e. The molecule has 2 aromatic rings. The largest absolute Gasteiger partial charge is 0.489 e. The van der Waals surface area contributed by atoms with Crippen LogP contribution in [0, 0.1) is 5.92 Å². The Kier molecular flexibility index (Phi) is 7.82. The zero-order valence-corrected chi connectivity index (χ0v) is 21.2. The highest BCUT2D eigenvalue weighted by Gasteiger charge is 2.34. The van der Waals surface area contributed by atoms with Crippen LogP contribution in [0.3, 0.4) is 0 Å². The molecule has 1 aliphatic heterocycles. The molecule has 0 unspecified atom stereocenters. The molecular formula is C25H32ClN3O4S. The SMILES string of the molecule is CC(=O)Nc1ccc(S(=O)(=O)N(C)CC2CC(Oc3cccc(CN4CCCC4)c3Cl)C2)cc1. The highest BCUT2D eigenvalue weighted by atomic mass is 35.5. The van der Waals surface area contributed by atoms with E-state index in [0.717, 1.165) is 38.0 Å². The second-order valence-electron chi connectivity index (χ2n) is 9.28. The summed E-state index contributed by atoms with van der Waals surface area (Å²) in [6.45, 7) is 4.91. The van der Waals surface area contributed by atoms with Crippen LogP contribution in [0.5, 0.6) is 5.75 Å². The fourth-order valence-corrected chi connectivity index (χ4v) is 6.08. The molecular weight excluding hydrogens is 474 g/mol. The molecule has 1 saturated carbocycles. The van der Waals surface area contributed by atoms with E-state index < -0.39 is 10.0 Å². The topological polar surface area (TPSA) is 79.0 Å². The van der Waals surface area contributed by atoms with Crippen molar-refractivity contribution in [2.45, 2.75) is 50.2 Å². The van der Waals surface area contributed by atoms with E-state index in [0.29, 0.717) is 23.0 Å². The van der Waals surface area contributed by atoms with Crippen molar-refractivity contribution in [3.63, 3.8) is 0 Å². The van der Waals surface area contributed by atoms with Gasteiger partial charge < -0.3 is 10.1 Å². The third kappa shape index (κ3) is 5.92. The van der Waals surface area contributed by atoms with Gasteiger partial charge in [0, 0.05) is 32.7 Å².